The summed E-state index contributed by atoms with van der Waals surface area (Å²) in [5.74, 6) is -41.2. The van der Waals surface area contributed by atoms with Gasteiger partial charge in [-0.25, -0.2) is 0 Å². The van der Waals surface area contributed by atoms with Gasteiger partial charge in [-0.1, -0.05) is 66.7 Å². The van der Waals surface area contributed by atoms with Crippen LogP contribution in [-0.4, -0.2) is 77.5 Å². The summed E-state index contributed by atoms with van der Waals surface area (Å²) in [4.78, 5) is 49.4. The van der Waals surface area contributed by atoms with E-state index in [2.05, 4.69) is 0 Å². The Morgan fingerprint density at radius 3 is 1.40 bits per heavy atom. The summed E-state index contributed by atoms with van der Waals surface area (Å²) in [6, 6.07) is 12.2. The number of halogens is 15. The SMILES string of the molecule is O=C(CC(=O)C(F)(F)C(F)(F)C(F)(F)F)C1(C(=O)CC(=O)C(F)(F)C(F)(F)C(F)(F)F)C=CC(c2ccccc2-c2ccccc2)=C(S(=O)(=O)O)C1Cl. The number of carbonyl (C=O) groups is 4. The molecule has 53 heavy (non-hydrogen) atoms. The normalized spacial score (nSPS) is 17.5. The predicted octanol–water partition coefficient (Wildman–Crippen LogP) is 7.84. The molecule has 0 saturated carbocycles. The molecular weight excluding hydrogens is 806 g/mol. The molecule has 1 atom stereocenters. The Morgan fingerprint density at radius 2 is 1.02 bits per heavy atom. The van der Waals surface area contributed by atoms with Crippen LogP contribution in [0.5, 0.6) is 0 Å². The first-order chi connectivity index (χ1) is 23.8. The van der Waals surface area contributed by atoms with Gasteiger partial charge < -0.3 is 0 Å². The van der Waals surface area contributed by atoms with E-state index in [1.165, 1.54) is 48.5 Å². The molecule has 3 rings (SSSR count). The zero-order valence-corrected chi connectivity index (χ0v) is 26.9. The van der Waals surface area contributed by atoms with E-state index in [1.807, 2.05) is 0 Å². The summed E-state index contributed by atoms with van der Waals surface area (Å²) in [5.41, 5.74) is -5.05. The number of hydrogen-bond acceptors (Lipinski definition) is 6. The summed E-state index contributed by atoms with van der Waals surface area (Å²) >= 11 is 6.10. The molecular formula is C30H17ClF14O7S. The van der Waals surface area contributed by atoms with Gasteiger partial charge in [-0.15, -0.1) is 11.6 Å². The van der Waals surface area contributed by atoms with Crippen molar-refractivity contribution in [1.29, 1.82) is 0 Å². The van der Waals surface area contributed by atoms with Crippen LogP contribution in [0.3, 0.4) is 0 Å². The fourth-order valence-corrected chi connectivity index (χ4v) is 6.62. The van der Waals surface area contributed by atoms with Crippen molar-refractivity contribution < 1.29 is 93.6 Å². The fraction of sp³-hybridized carbons (Fsp3) is 0.333. The minimum atomic E-state index is -7.26. The third-order valence-corrected chi connectivity index (χ3v) is 9.46. The van der Waals surface area contributed by atoms with Gasteiger partial charge in [0.25, 0.3) is 10.1 Å². The molecule has 0 bridgehead atoms. The third kappa shape index (κ3) is 7.36. The predicted molar refractivity (Wildman–Crippen MR) is 153 cm³/mol. The maximum absolute atomic E-state index is 14.2. The topological polar surface area (TPSA) is 123 Å². The lowest BCUT2D eigenvalue weighted by Gasteiger charge is -2.37. The second-order valence-electron chi connectivity index (χ2n) is 11.1. The van der Waals surface area contributed by atoms with Crippen molar-refractivity contribution in [3.8, 4) is 11.1 Å². The maximum Gasteiger partial charge on any atom is 0.460 e. The smallest absolute Gasteiger partial charge is 0.298 e. The van der Waals surface area contributed by atoms with Crippen LogP contribution in [0.25, 0.3) is 16.7 Å². The first-order valence-corrected chi connectivity index (χ1v) is 15.7. The van der Waals surface area contributed by atoms with Gasteiger partial charge in [0, 0.05) is 5.57 Å². The van der Waals surface area contributed by atoms with Crippen LogP contribution >= 0.6 is 11.6 Å². The summed E-state index contributed by atoms with van der Waals surface area (Å²) in [6.45, 7) is 0. The number of alkyl halides is 15. The molecule has 0 radical (unpaired) electrons. The van der Waals surface area contributed by atoms with Gasteiger partial charge in [-0.3, -0.25) is 23.7 Å². The van der Waals surface area contributed by atoms with Gasteiger partial charge in [0.1, 0.15) is 5.41 Å². The lowest BCUT2D eigenvalue weighted by Crippen LogP contribution is -2.58. The van der Waals surface area contributed by atoms with E-state index in [1.54, 1.807) is 0 Å². The number of benzene rings is 2. The van der Waals surface area contributed by atoms with E-state index in [0.717, 1.165) is 6.07 Å². The minimum absolute atomic E-state index is 0.0383. The Kier molecular flexibility index (Phi) is 11.3. The highest BCUT2D eigenvalue weighted by Crippen LogP contribution is 2.52. The van der Waals surface area contributed by atoms with Crippen LogP contribution in [0.2, 0.25) is 0 Å². The fourth-order valence-electron chi connectivity index (χ4n) is 4.94. The van der Waals surface area contributed by atoms with Crippen molar-refractivity contribution in [3.05, 3.63) is 77.2 Å². The number of rotatable bonds is 13. The highest BCUT2D eigenvalue weighted by Gasteiger charge is 2.77. The summed E-state index contributed by atoms with van der Waals surface area (Å²) in [7, 11) is -6.02. The number of hydrogen-bond donors (Lipinski definition) is 1. The van der Waals surface area contributed by atoms with Crippen LogP contribution in [0.4, 0.5) is 61.5 Å². The van der Waals surface area contributed by atoms with Crippen LogP contribution in [0.1, 0.15) is 18.4 Å². The Morgan fingerprint density at radius 1 is 0.642 bits per heavy atom. The molecule has 1 unspecified atom stereocenters. The van der Waals surface area contributed by atoms with Gasteiger partial charge in [0.2, 0.25) is 11.6 Å². The van der Waals surface area contributed by atoms with Crippen LogP contribution < -0.4 is 0 Å². The second-order valence-corrected chi connectivity index (χ2v) is 12.9. The average Bonchev–Trinajstić information content (AvgIpc) is 3.02. The van der Waals surface area contributed by atoms with Gasteiger partial charge in [-0.05, 0) is 16.7 Å². The maximum atomic E-state index is 14.2. The van der Waals surface area contributed by atoms with Crippen molar-refractivity contribution in [2.45, 2.75) is 54.3 Å². The Hall–Kier alpha value is -4.18. The minimum Gasteiger partial charge on any atom is -0.298 e. The summed E-state index contributed by atoms with van der Waals surface area (Å²) in [6.07, 6.45) is -20.2. The Labute approximate surface area is 292 Å². The largest absolute Gasteiger partial charge is 0.460 e. The molecule has 0 aliphatic heterocycles. The first kappa shape index (κ1) is 43.2. The summed E-state index contributed by atoms with van der Waals surface area (Å²) in [5, 5.41) is -3.30. The molecule has 2 aromatic rings. The number of carbonyl (C=O) groups excluding carboxylic acids is 4. The zero-order chi connectivity index (χ0) is 41.0. The van der Waals surface area contributed by atoms with E-state index in [4.69, 9.17) is 11.6 Å². The van der Waals surface area contributed by atoms with Gasteiger partial charge in [0.05, 0.1) is 23.1 Å². The molecule has 290 valence electrons. The van der Waals surface area contributed by atoms with Crippen molar-refractivity contribution in [2.75, 3.05) is 0 Å². The molecule has 0 amide bonds. The second kappa shape index (κ2) is 13.9. The molecule has 7 nitrogen and oxygen atoms in total. The van der Waals surface area contributed by atoms with E-state index in [9.17, 15) is 93.6 Å². The molecule has 2 aromatic carbocycles. The molecule has 0 spiro atoms. The number of ketones is 4. The molecule has 1 aliphatic carbocycles. The van der Waals surface area contributed by atoms with Crippen molar-refractivity contribution in [3.63, 3.8) is 0 Å². The van der Waals surface area contributed by atoms with E-state index >= 15 is 0 Å². The standard InChI is InChI=1S/C30H17ClF14O7S/c31-23-22(53(50,51)52)17(16-9-5-4-8-15(16)14-6-2-1-3-7-14)10-11-24(23,18(46)12-20(48)25(32,33)27(36,37)29(40,41)42)19(47)13-21(49)26(34,35)28(38,39)30(43,44)45/h1-11,23H,12-13H2,(H,50,51,52). The monoisotopic (exact) mass is 822 g/mol. The van der Waals surface area contributed by atoms with E-state index < -0.39 is 103 Å². The molecule has 0 aromatic heterocycles. The molecule has 23 heteroatoms. The van der Waals surface area contributed by atoms with Gasteiger partial charge in [0.15, 0.2) is 11.6 Å². The number of allylic oxidation sites excluding steroid dienone is 4. The first-order valence-electron chi connectivity index (χ1n) is 13.8. The summed E-state index contributed by atoms with van der Waals surface area (Å²) < 4.78 is 223. The van der Waals surface area contributed by atoms with Crippen LogP contribution in [0, 0.1) is 5.41 Å². The van der Waals surface area contributed by atoms with Gasteiger partial charge >= 0.3 is 36.0 Å². The zero-order valence-electron chi connectivity index (χ0n) is 25.3. The molecule has 1 aliphatic rings. The quantitative estimate of drug-likeness (QED) is 0.0946. The molecule has 1 N–H and O–H groups in total. The van der Waals surface area contributed by atoms with Gasteiger partial charge in [-0.2, -0.15) is 69.9 Å². The van der Waals surface area contributed by atoms with Crippen molar-refractivity contribution in [1.82, 2.24) is 0 Å². The Balaban J connectivity index is 2.32. The number of Topliss-reactive ketones (excluding diaryl/α,β-unsaturated/α-hetero) is 4. The molecule has 0 heterocycles. The molecule has 0 saturated heterocycles. The van der Waals surface area contributed by atoms with E-state index in [0.29, 0.717) is 0 Å². The van der Waals surface area contributed by atoms with Crippen LogP contribution in [0.15, 0.2) is 71.7 Å². The van der Waals surface area contributed by atoms with E-state index in [-0.39, 0.29) is 28.8 Å². The van der Waals surface area contributed by atoms with Crippen LogP contribution in [-0.2, 0) is 29.3 Å². The lowest BCUT2D eigenvalue weighted by molar-refractivity contribution is -0.343. The lowest BCUT2D eigenvalue weighted by atomic mass is 9.69. The highest BCUT2D eigenvalue weighted by atomic mass is 35.5. The van der Waals surface area contributed by atoms with Crippen molar-refractivity contribution in [2.24, 2.45) is 5.41 Å². The average molecular weight is 823 g/mol. The third-order valence-electron chi connectivity index (χ3n) is 7.75. The molecule has 0 fully saturated rings. The van der Waals surface area contributed by atoms with Crippen molar-refractivity contribution >= 4 is 50.4 Å². The highest BCUT2D eigenvalue weighted by molar-refractivity contribution is 7.90. The Bertz CT molecular complexity index is 1920.